The van der Waals surface area contributed by atoms with E-state index in [0.29, 0.717) is 41.8 Å². The molecule has 0 saturated heterocycles. The highest BCUT2D eigenvalue weighted by Gasteiger charge is 2.13. The van der Waals surface area contributed by atoms with Crippen LogP contribution in [0.3, 0.4) is 0 Å². The molecule has 0 fully saturated rings. The fourth-order valence-corrected chi connectivity index (χ4v) is 2.51. The minimum absolute atomic E-state index is 0.113. The largest absolute Gasteiger partial charge is 0.497 e. The topological polar surface area (TPSA) is 54.0 Å². The van der Waals surface area contributed by atoms with E-state index in [1.165, 1.54) is 6.08 Å². The summed E-state index contributed by atoms with van der Waals surface area (Å²) < 4.78 is 21.7. The van der Waals surface area contributed by atoms with Crippen LogP contribution in [0.1, 0.15) is 22.3 Å². The van der Waals surface area contributed by atoms with Gasteiger partial charge < -0.3 is 18.9 Å². The van der Waals surface area contributed by atoms with Crippen LogP contribution in [0.2, 0.25) is 0 Å². The van der Waals surface area contributed by atoms with Crippen molar-refractivity contribution in [2.24, 2.45) is 0 Å². The summed E-state index contributed by atoms with van der Waals surface area (Å²) in [6.07, 6.45) is 4.08. The van der Waals surface area contributed by atoms with Crippen LogP contribution in [0, 0.1) is 0 Å². The molecule has 0 N–H and O–H groups in total. The first kappa shape index (κ1) is 16.9. The van der Waals surface area contributed by atoms with E-state index in [-0.39, 0.29) is 5.78 Å². The molecule has 130 valence electrons. The second kappa shape index (κ2) is 7.75. The third-order valence-corrected chi connectivity index (χ3v) is 3.83. The number of hydrogen-bond donors (Lipinski definition) is 0. The minimum Gasteiger partial charge on any atom is -0.497 e. The van der Waals surface area contributed by atoms with E-state index in [1.54, 1.807) is 44.6 Å². The van der Waals surface area contributed by atoms with Crippen LogP contribution >= 0.6 is 0 Å². The molecule has 0 unspecified atom stereocenters. The molecule has 0 atom stereocenters. The molecule has 1 aliphatic rings. The summed E-state index contributed by atoms with van der Waals surface area (Å²) in [5.74, 6) is 2.51. The Bertz CT molecular complexity index is 772. The first-order valence-corrected chi connectivity index (χ1v) is 8.05. The molecular weight excluding hydrogens is 320 g/mol. The molecule has 1 heterocycles. The molecule has 0 spiro atoms. The predicted molar refractivity (Wildman–Crippen MR) is 95.0 cm³/mol. The third kappa shape index (κ3) is 4.12. The Labute approximate surface area is 146 Å². The molecule has 1 aliphatic heterocycles. The SMILES string of the molecule is COc1cc(/C=C/C(=O)c2ccc3c(c2)OCCCO3)cc(OC)c1. The molecule has 2 aromatic carbocycles. The molecule has 0 aromatic heterocycles. The van der Waals surface area contributed by atoms with Gasteiger partial charge in [0.1, 0.15) is 11.5 Å². The molecule has 0 radical (unpaired) electrons. The van der Waals surface area contributed by atoms with Gasteiger partial charge in [-0.25, -0.2) is 0 Å². The molecule has 5 heteroatoms. The Morgan fingerprint density at radius 1 is 0.960 bits per heavy atom. The lowest BCUT2D eigenvalue weighted by Crippen LogP contribution is -1.98. The van der Waals surface area contributed by atoms with E-state index in [2.05, 4.69) is 0 Å². The van der Waals surface area contributed by atoms with Crippen LogP contribution in [0.5, 0.6) is 23.0 Å². The van der Waals surface area contributed by atoms with Gasteiger partial charge in [0.05, 0.1) is 27.4 Å². The Morgan fingerprint density at radius 3 is 2.32 bits per heavy atom. The summed E-state index contributed by atoms with van der Waals surface area (Å²) in [5, 5.41) is 0. The normalized spacial score (nSPS) is 13.4. The van der Waals surface area contributed by atoms with Crippen molar-refractivity contribution in [3.8, 4) is 23.0 Å². The molecule has 0 aliphatic carbocycles. The van der Waals surface area contributed by atoms with Crippen LogP contribution in [-0.2, 0) is 0 Å². The van der Waals surface area contributed by atoms with Gasteiger partial charge >= 0.3 is 0 Å². The molecule has 0 bridgehead atoms. The van der Waals surface area contributed by atoms with Crippen LogP contribution in [-0.4, -0.2) is 33.2 Å². The van der Waals surface area contributed by atoms with Gasteiger partial charge in [-0.15, -0.1) is 0 Å². The Hall–Kier alpha value is -2.95. The highest BCUT2D eigenvalue weighted by Crippen LogP contribution is 2.30. The van der Waals surface area contributed by atoms with Gasteiger partial charge in [-0.3, -0.25) is 4.79 Å². The van der Waals surface area contributed by atoms with Crippen LogP contribution < -0.4 is 18.9 Å². The van der Waals surface area contributed by atoms with Crippen molar-refractivity contribution in [2.75, 3.05) is 27.4 Å². The first-order chi connectivity index (χ1) is 12.2. The second-order valence-electron chi connectivity index (χ2n) is 5.56. The van der Waals surface area contributed by atoms with Crippen molar-refractivity contribution in [2.45, 2.75) is 6.42 Å². The molecule has 2 aromatic rings. The zero-order valence-electron chi connectivity index (χ0n) is 14.3. The molecular formula is C20H20O5. The van der Waals surface area contributed by atoms with Crippen molar-refractivity contribution >= 4 is 11.9 Å². The molecule has 3 rings (SSSR count). The summed E-state index contributed by atoms with van der Waals surface area (Å²) in [4.78, 5) is 12.5. The van der Waals surface area contributed by atoms with Gasteiger partial charge in [0.15, 0.2) is 17.3 Å². The van der Waals surface area contributed by atoms with Gasteiger partial charge in [0.2, 0.25) is 0 Å². The predicted octanol–water partition coefficient (Wildman–Crippen LogP) is 3.76. The number of fused-ring (bicyclic) bond motifs is 1. The number of hydrogen-bond acceptors (Lipinski definition) is 5. The van der Waals surface area contributed by atoms with Gasteiger partial charge in [-0.05, 0) is 42.0 Å². The molecule has 5 nitrogen and oxygen atoms in total. The van der Waals surface area contributed by atoms with E-state index in [1.807, 2.05) is 12.1 Å². The van der Waals surface area contributed by atoms with Crippen LogP contribution in [0.15, 0.2) is 42.5 Å². The first-order valence-electron chi connectivity index (χ1n) is 8.05. The number of ketones is 1. The van der Waals surface area contributed by atoms with Crippen molar-refractivity contribution < 1.29 is 23.7 Å². The Morgan fingerprint density at radius 2 is 1.64 bits per heavy atom. The smallest absolute Gasteiger partial charge is 0.185 e. The molecule has 0 amide bonds. The van der Waals surface area contributed by atoms with Gasteiger partial charge in [0, 0.05) is 18.1 Å². The number of benzene rings is 2. The van der Waals surface area contributed by atoms with Crippen molar-refractivity contribution in [1.29, 1.82) is 0 Å². The second-order valence-corrected chi connectivity index (χ2v) is 5.56. The summed E-state index contributed by atoms with van der Waals surface area (Å²) in [6.45, 7) is 1.21. The number of rotatable bonds is 5. The van der Waals surface area contributed by atoms with Gasteiger partial charge in [-0.2, -0.15) is 0 Å². The van der Waals surface area contributed by atoms with E-state index in [9.17, 15) is 4.79 Å². The standard InChI is InChI=1S/C20H20O5/c1-22-16-10-14(11-17(13-16)23-2)4-6-18(21)15-5-7-19-20(12-15)25-9-3-8-24-19/h4-7,10-13H,3,8-9H2,1-2H3/b6-4+. The zero-order chi connectivity index (χ0) is 17.6. The van der Waals surface area contributed by atoms with Crippen molar-refractivity contribution in [3.63, 3.8) is 0 Å². The molecule has 0 saturated carbocycles. The monoisotopic (exact) mass is 340 g/mol. The number of carbonyl (C=O) groups excluding carboxylic acids is 1. The van der Waals surface area contributed by atoms with Crippen LogP contribution in [0.25, 0.3) is 6.08 Å². The third-order valence-electron chi connectivity index (χ3n) is 3.83. The quantitative estimate of drug-likeness (QED) is 0.613. The van der Waals surface area contributed by atoms with Gasteiger partial charge in [-0.1, -0.05) is 6.08 Å². The summed E-state index contributed by atoms with van der Waals surface area (Å²) in [5.41, 5.74) is 1.37. The van der Waals surface area contributed by atoms with E-state index < -0.39 is 0 Å². The maximum atomic E-state index is 12.5. The van der Waals surface area contributed by atoms with Crippen LogP contribution in [0.4, 0.5) is 0 Å². The number of ether oxygens (including phenoxy) is 4. The summed E-state index contributed by atoms with van der Waals surface area (Å²) in [6, 6.07) is 10.7. The lowest BCUT2D eigenvalue weighted by Gasteiger charge is -2.08. The Kier molecular flexibility index (Phi) is 5.23. The Balaban J connectivity index is 1.80. The average Bonchev–Trinajstić information content (AvgIpc) is 2.90. The summed E-state index contributed by atoms with van der Waals surface area (Å²) in [7, 11) is 3.18. The number of allylic oxidation sites excluding steroid dienone is 1. The van der Waals surface area contributed by atoms with Gasteiger partial charge in [0.25, 0.3) is 0 Å². The maximum Gasteiger partial charge on any atom is 0.185 e. The highest BCUT2D eigenvalue weighted by atomic mass is 16.5. The minimum atomic E-state index is -0.113. The zero-order valence-corrected chi connectivity index (χ0v) is 14.3. The average molecular weight is 340 g/mol. The lowest BCUT2D eigenvalue weighted by molar-refractivity contribution is 0.104. The molecule has 25 heavy (non-hydrogen) atoms. The van der Waals surface area contributed by atoms with E-state index in [4.69, 9.17) is 18.9 Å². The van der Waals surface area contributed by atoms with Crippen molar-refractivity contribution in [1.82, 2.24) is 0 Å². The number of carbonyl (C=O) groups is 1. The fraction of sp³-hybridized carbons (Fsp3) is 0.250. The highest BCUT2D eigenvalue weighted by molar-refractivity contribution is 6.07. The number of methoxy groups -OCH3 is 2. The van der Waals surface area contributed by atoms with E-state index >= 15 is 0 Å². The van der Waals surface area contributed by atoms with Crippen molar-refractivity contribution in [3.05, 3.63) is 53.6 Å². The lowest BCUT2D eigenvalue weighted by atomic mass is 10.1. The summed E-state index contributed by atoms with van der Waals surface area (Å²) >= 11 is 0. The van der Waals surface area contributed by atoms with E-state index in [0.717, 1.165) is 12.0 Å². The fourth-order valence-electron chi connectivity index (χ4n) is 2.51. The maximum absolute atomic E-state index is 12.5.